The van der Waals surface area contributed by atoms with Gasteiger partial charge in [-0.05, 0) is 24.5 Å². The summed E-state index contributed by atoms with van der Waals surface area (Å²) in [5.74, 6) is -2.74. The molecule has 166 valence electrons. The third-order valence-corrected chi connectivity index (χ3v) is 4.40. The fourth-order valence-electron chi connectivity index (χ4n) is 2.89. The van der Waals surface area contributed by atoms with Crippen LogP contribution in [0.15, 0.2) is 42.9 Å². The van der Waals surface area contributed by atoms with Crippen LogP contribution in [0.4, 0.5) is 0 Å². The second-order valence-corrected chi connectivity index (χ2v) is 7.48. The number of nitrogens with zero attached hydrogens (tertiary/aromatic N) is 1. The molecule has 10 heteroatoms. The average molecular weight is 429 g/mol. The van der Waals surface area contributed by atoms with Crippen molar-refractivity contribution in [1.29, 1.82) is 0 Å². The predicted octanol–water partition coefficient (Wildman–Crippen LogP) is 0.483. The summed E-state index contributed by atoms with van der Waals surface area (Å²) in [4.78, 5) is 55.4. The van der Waals surface area contributed by atoms with Gasteiger partial charge in [-0.2, -0.15) is 0 Å². The number of rotatable bonds is 11. The monoisotopic (exact) mass is 429 g/mol. The van der Waals surface area contributed by atoms with Crippen LogP contribution in [0.1, 0.15) is 36.3 Å². The number of hydrogen-bond acceptors (Lipinski definition) is 5. The van der Waals surface area contributed by atoms with Crippen molar-refractivity contribution >= 4 is 23.7 Å². The van der Waals surface area contributed by atoms with Crippen molar-refractivity contribution < 1.29 is 24.3 Å². The van der Waals surface area contributed by atoms with Crippen LogP contribution in [-0.4, -0.2) is 57.4 Å². The molecule has 0 spiro atoms. The Balaban J connectivity index is 2.01. The normalized spacial score (nSPS) is 12.6. The molecule has 1 heterocycles. The number of imidazole rings is 1. The molecule has 0 bridgehead atoms. The summed E-state index contributed by atoms with van der Waals surface area (Å²) in [6.45, 7) is 3.36. The van der Waals surface area contributed by atoms with Crippen LogP contribution >= 0.6 is 0 Å². The van der Waals surface area contributed by atoms with E-state index >= 15 is 0 Å². The average Bonchev–Trinajstić information content (AvgIpc) is 3.24. The molecule has 1 unspecified atom stereocenters. The Bertz CT molecular complexity index is 883. The molecule has 2 rings (SSSR count). The molecule has 0 fully saturated rings. The van der Waals surface area contributed by atoms with Gasteiger partial charge in [0.1, 0.15) is 12.1 Å². The quantitative estimate of drug-likeness (QED) is 0.350. The summed E-state index contributed by atoms with van der Waals surface area (Å²) in [6, 6.07) is 6.28. The van der Waals surface area contributed by atoms with E-state index in [2.05, 4.69) is 25.9 Å². The van der Waals surface area contributed by atoms with E-state index in [1.807, 2.05) is 13.8 Å². The van der Waals surface area contributed by atoms with Crippen molar-refractivity contribution in [3.05, 3.63) is 54.1 Å². The van der Waals surface area contributed by atoms with Crippen molar-refractivity contribution in [2.75, 3.05) is 6.54 Å². The van der Waals surface area contributed by atoms with Gasteiger partial charge in [-0.25, -0.2) is 9.78 Å². The lowest BCUT2D eigenvalue weighted by atomic mass is 10.0. The number of aromatic nitrogens is 2. The van der Waals surface area contributed by atoms with Crippen LogP contribution < -0.4 is 16.0 Å². The molecule has 0 saturated carbocycles. The van der Waals surface area contributed by atoms with Gasteiger partial charge in [-0.3, -0.25) is 14.4 Å². The van der Waals surface area contributed by atoms with E-state index in [0.717, 1.165) is 0 Å². The number of nitrogens with one attached hydrogen (secondary N) is 4. The number of carbonyl (C=O) groups excluding carboxylic acids is 3. The molecule has 0 aliphatic rings. The lowest BCUT2D eigenvalue weighted by Crippen LogP contribution is -2.54. The number of hydrogen-bond donors (Lipinski definition) is 5. The van der Waals surface area contributed by atoms with Gasteiger partial charge in [-0.1, -0.05) is 32.0 Å². The zero-order chi connectivity index (χ0) is 22.8. The molecule has 2 aromatic rings. The van der Waals surface area contributed by atoms with Crippen molar-refractivity contribution in [3.8, 4) is 0 Å². The smallest absolute Gasteiger partial charge is 0.326 e. The Morgan fingerprint density at radius 2 is 1.77 bits per heavy atom. The van der Waals surface area contributed by atoms with Crippen LogP contribution in [0.25, 0.3) is 0 Å². The molecule has 1 aromatic heterocycles. The van der Waals surface area contributed by atoms with Gasteiger partial charge in [-0.15, -0.1) is 0 Å². The molecule has 3 amide bonds. The van der Waals surface area contributed by atoms with Gasteiger partial charge in [0.2, 0.25) is 11.8 Å². The minimum absolute atomic E-state index is 0.0512. The molecular weight excluding hydrogens is 402 g/mol. The number of carboxylic acid groups (broad SMARTS) is 1. The van der Waals surface area contributed by atoms with E-state index < -0.39 is 35.8 Å². The van der Waals surface area contributed by atoms with Crippen molar-refractivity contribution in [2.45, 2.75) is 38.8 Å². The van der Waals surface area contributed by atoms with E-state index in [4.69, 9.17) is 0 Å². The summed E-state index contributed by atoms with van der Waals surface area (Å²) >= 11 is 0. The van der Waals surface area contributed by atoms with Crippen molar-refractivity contribution in [3.63, 3.8) is 0 Å². The SMILES string of the molecule is CC(C)C[C@H](NC(=O)C(Cc1cnc[nH]1)NC(=O)CNC(=O)c1ccccc1)C(=O)O. The lowest BCUT2D eigenvalue weighted by Gasteiger charge is -2.22. The highest BCUT2D eigenvalue weighted by Crippen LogP contribution is 2.07. The summed E-state index contributed by atoms with van der Waals surface area (Å²) in [5, 5.41) is 16.9. The van der Waals surface area contributed by atoms with Crippen molar-refractivity contribution in [2.24, 2.45) is 5.92 Å². The van der Waals surface area contributed by atoms with Gasteiger partial charge in [0.15, 0.2) is 0 Å². The van der Waals surface area contributed by atoms with E-state index in [-0.39, 0.29) is 25.3 Å². The minimum Gasteiger partial charge on any atom is -0.480 e. The maximum Gasteiger partial charge on any atom is 0.326 e. The Kier molecular flexibility index (Phi) is 8.74. The summed E-state index contributed by atoms with van der Waals surface area (Å²) in [7, 11) is 0. The third kappa shape index (κ3) is 7.92. The van der Waals surface area contributed by atoms with Crippen LogP contribution in [0.5, 0.6) is 0 Å². The summed E-state index contributed by atoms with van der Waals surface area (Å²) in [5.41, 5.74) is 0.990. The second-order valence-electron chi connectivity index (χ2n) is 7.48. The zero-order valence-electron chi connectivity index (χ0n) is 17.4. The Morgan fingerprint density at radius 1 is 1.06 bits per heavy atom. The fraction of sp³-hybridized carbons (Fsp3) is 0.381. The molecule has 2 atom stereocenters. The van der Waals surface area contributed by atoms with Crippen molar-refractivity contribution in [1.82, 2.24) is 25.9 Å². The highest BCUT2D eigenvalue weighted by Gasteiger charge is 2.27. The van der Waals surface area contributed by atoms with Gasteiger partial charge in [0, 0.05) is 23.9 Å². The van der Waals surface area contributed by atoms with Gasteiger partial charge in [0.25, 0.3) is 5.91 Å². The topological polar surface area (TPSA) is 153 Å². The van der Waals surface area contributed by atoms with Crippen LogP contribution in [0.2, 0.25) is 0 Å². The maximum absolute atomic E-state index is 12.8. The molecule has 0 aliphatic carbocycles. The molecule has 5 N–H and O–H groups in total. The number of H-pyrrole nitrogens is 1. The van der Waals surface area contributed by atoms with E-state index in [0.29, 0.717) is 11.3 Å². The maximum atomic E-state index is 12.8. The fourth-order valence-corrected chi connectivity index (χ4v) is 2.89. The van der Waals surface area contributed by atoms with Crippen LogP contribution in [0.3, 0.4) is 0 Å². The molecule has 1 aromatic carbocycles. The standard InChI is InChI=1S/C21H27N5O5/c1-13(2)8-17(21(30)31)26-20(29)16(9-15-10-22-12-24-15)25-18(27)11-23-19(28)14-6-4-3-5-7-14/h3-7,10,12-13,16-17H,8-9,11H2,1-2H3,(H,22,24)(H,23,28)(H,25,27)(H,26,29)(H,30,31)/t16?,17-/m0/s1. The van der Waals surface area contributed by atoms with E-state index in [1.54, 1.807) is 30.3 Å². The minimum atomic E-state index is -1.15. The summed E-state index contributed by atoms with van der Waals surface area (Å²) < 4.78 is 0. The molecule has 0 aliphatic heterocycles. The molecule has 0 saturated heterocycles. The number of benzene rings is 1. The number of carbonyl (C=O) groups is 4. The van der Waals surface area contributed by atoms with Gasteiger partial charge in [0.05, 0.1) is 12.9 Å². The number of aliphatic carboxylic acids is 1. The largest absolute Gasteiger partial charge is 0.480 e. The molecular formula is C21H27N5O5. The Morgan fingerprint density at radius 3 is 2.35 bits per heavy atom. The molecule has 0 radical (unpaired) electrons. The van der Waals surface area contributed by atoms with Crippen LogP contribution in [-0.2, 0) is 20.8 Å². The first-order valence-corrected chi connectivity index (χ1v) is 9.89. The van der Waals surface area contributed by atoms with E-state index in [9.17, 15) is 24.3 Å². The highest BCUT2D eigenvalue weighted by atomic mass is 16.4. The first kappa shape index (κ1) is 23.6. The van der Waals surface area contributed by atoms with Gasteiger partial charge < -0.3 is 26.0 Å². The summed E-state index contributed by atoms with van der Waals surface area (Å²) in [6.07, 6.45) is 3.27. The first-order valence-electron chi connectivity index (χ1n) is 9.89. The Hall–Kier alpha value is -3.69. The third-order valence-electron chi connectivity index (χ3n) is 4.40. The lowest BCUT2D eigenvalue weighted by molar-refractivity contribution is -0.142. The van der Waals surface area contributed by atoms with E-state index in [1.165, 1.54) is 12.5 Å². The number of amides is 3. The highest BCUT2D eigenvalue weighted by molar-refractivity contribution is 5.97. The zero-order valence-corrected chi connectivity index (χ0v) is 17.4. The molecule has 31 heavy (non-hydrogen) atoms. The number of carboxylic acids is 1. The van der Waals surface area contributed by atoms with Gasteiger partial charge >= 0.3 is 5.97 Å². The molecule has 10 nitrogen and oxygen atoms in total. The second kappa shape index (κ2) is 11.5. The number of aromatic amines is 1. The first-order chi connectivity index (χ1) is 14.8. The Labute approximate surface area is 179 Å². The van der Waals surface area contributed by atoms with Crippen LogP contribution in [0, 0.1) is 5.92 Å². The predicted molar refractivity (Wildman–Crippen MR) is 112 cm³/mol.